The molecule has 0 spiro atoms. The number of benzene rings is 1. The molecule has 1 aromatic carbocycles. The van der Waals surface area contributed by atoms with Crippen LogP contribution >= 0.6 is 0 Å². The molecule has 136 valence electrons. The Bertz CT molecular complexity index is 741. The fraction of sp³-hybridized carbons (Fsp3) is 0.619. The number of rotatable bonds is 2. The van der Waals surface area contributed by atoms with Crippen LogP contribution in [0.4, 0.5) is 0 Å². The normalized spacial score (nSPS) is 39.3. The lowest BCUT2D eigenvalue weighted by atomic mass is 9.41. The second-order valence-corrected chi connectivity index (χ2v) is 8.30. The number of ether oxygens (including phenoxy) is 2. The molecule has 0 bridgehead atoms. The highest BCUT2D eigenvalue weighted by Crippen LogP contribution is 2.73. The Morgan fingerprint density at radius 2 is 1.44 bits per heavy atom. The maximum absolute atomic E-state index is 13.1. The van der Waals surface area contributed by atoms with Gasteiger partial charge in [0.2, 0.25) is 0 Å². The predicted octanol–water partition coefficient (Wildman–Crippen LogP) is 3.76. The van der Waals surface area contributed by atoms with Crippen LogP contribution in [0.5, 0.6) is 0 Å². The summed E-state index contributed by atoms with van der Waals surface area (Å²) in [7, 11) is 2.86. The first-order valence-corrected chi connectivity index (χ1v) is 8.92. The Balaban J connectivity index is 2.41. The lowest BCUT2D eigenvalue weighted by Gasteiger charge is -2.60. The molecule has 4 unspecified atom stereocenters. The minimum absolute atomic E-state index is 0.246. The van der Waals surface area contributed by atoms with Crippen LogP contribution in [0, 0.1) is 10.8 Å². The zero-order valence-electron chi connectivity index (χ0n) is 16.1. The van der Waals surface area contributed by atoms with E-state index in [4.69, 9.17) is 9.47 Å². The number of carbonyl (C=O) groups is 2. The minimum atomic E-state index is -0.920. The summed E-state index contributed by atoms with van der Waals surface area (Å²) in [5.74, 6) is -0.535. The van der Waals surface area contributed by atoms with Crippen LogP contribution in [-0.2, 0) is 29.9 Å². The van der Waals surface area contributed by atoms with Gasteiger partial charge in [0.25, 0.3) is 0 Å². The summed E-state index contributed by atoms with van der Waals surface area (Å²) in [5.41, 5.74) is -0.542. The first-order chi connectivity index (χ1) is 11.6. The van der Waals surface area contributed by atoms with Gasteiger partial charge in [-0.3, -0.25) is 9.59 Å². The molecule has 2 aliphatic rings. The standard InChI is InChI=1S/C21H28O4/c1-18-12-9-13-19(2,16(22)24-5)21(18,4)20(3,17(23)25-6)15-11-8-7-10-14(15)18/h7-8,10-11H,9,12-13H2,1-6H3. The lowest BCUT2D eigenvalue weighted by molar-refractivity contribution is -0.185. The second-order valence-electron chi connectivity index (χ2n) is 8.30. The minimum Gasteiger partial charge on any atom is -0.469 e. The largest absolute Gasteiger partial charge is 0.469 e. The number of hydrogen-bond donors (Lipinski definition) is 0. The van der Waals surface area contributed by atoms with Gasteiger partial charge in [-0.2, -0.15) is 0 Å². The quantitative estimate of drug-likeness (QED) is 0.767. The summed E-state index contributed by atoms with van der Waals surface area (Å²) in [4.78, 5) is 26.1. The summed E-state index contributed by atoms with van der Waals surface area (Å²) >= 11 is 0. The zero-order valence-corrected chi connectivity index (χ0v) is 16.1. The third-order valence-electron chi connectivity index (χ3n) is 7.85. The molecule has 4 heteroatoms. The van der Waals surface area contributed by atoms with Crippen molar-refractivity contribution in [2.75, 3.05) is 14.2 Å². The van der Waals surface area contributed by atoms with Crippen LogP contribution in [-0.4, -0.2) is 26.2 Å². The van der Waals surface area contributed by atoms with Crippen molar-refractivity contribution >= 4 is 11.9 Å². The molecule has 4 nitrogen and oxygen atoms in total. The van der Waals surface area contributed by atoms with Gasteiger partial charge in [-0.15, -0.1) is 0 Å². The molecule has 0 N–H and O–H groups in total. The average Bonchev–Trinajstić information content (AvgIpc) is 2.79. The molecule has 0 saturated heterocycles. The van der Waals surface area contributed by atoms with Gasteiger partial charge in [0, 0.05) is 10.8 Å². The molecule has 3 rings (SSSR count). The lowest BCUT2D eigenvalue weighted by Crippen LogP contribution is -2.65. The van der Waals surface area contributed by atoms with E-state index < -0.39 is 16.2 Å². The van der Waals surface area contributed by atoms with Gasteiger partial charge < -0.3 is 9.47 Å². The Hall–Kier alpha value is -1.84. The van der Waals surface area contributed by atoms with Gasteiger partial charge in [-0.25, -0.2) is 0 Å². The summed E-state index contributed by atoms with van der Waals surface area (Å²) in [6.45, 7) is 8.18. The molecule has 25 heavy (non-hydrogen) atoms. The highest BCUT2D eigenvalue weighted by Gasteiger charge is 2.76. The molecular weight excluding hydrogens is 316 g/mol. The first-order valence-electron chi connectivity index (χ1n) is 8.92. The number of carbonyl (C=O) groups excluding carboxylic acids is 2. The molecule has 1 aromatic rings. The SMILES string of the molecule is COC(=O)C1(C)CCCC2(C)c3ccccc3C(C)(C(=O)OC)C12C. The van der Waals surface area contributed by atoms with E-state index >= 15 is 0 Å². The Labute approximate surface area is 149 Å². The maximum atomic E-state index is 13.1. The van der Waals surface area contributed by atoms with E-state index in [2.05, 4.69) is 19.9 Å². The molecule has 2 aliphatic carbocycles. The van der Waals surface area contributed by atoms with Crippen LogP contribution in [0.2, 0.25) is 0 Å². The molecule has 0 amide bonds. The van der Waals surface area contributed by atoms with Crippen molar-refractivity contribution in [2.45, 2.75) is 57.8 Å². The number of fused-ring (bicyclic) bond motifs is 3. The summed E-state index contributed by atoms with van der Waals surface area (Å²) in [6, 6.07) is 8.08. The van der Waals surface area contributed by atoms with Crippen molar-refractivity contribution in [3.63, 3.8) is 0 Å². The number of methoxy groups -OCH3 is 2. The van der Waals surface area contributed by atoms with Crippen molar-refractivity contribution in [1.29, 1.82) is 0 Å². The monoisotopic (exact) mass is 344 g/mol. The summed E-state index contributed by atoms with van der Waals surface area (Å²) in [5, 5.41) is 0. The summed E-state index contributed by atoms with van der Waals surface area (Å²) < 4.78 is 10.5. The van der Waals surface area contributed by atoms with Crippen molar-refractivity contribution in [2.24, 2.45) is 10.8 Å². The molecule has 0 radical (unpaired) electrons. The van der Waals surface area contributed by atoms with Gasteiger partial charge >= 0.3 is 11.9 Å². The van der Waals surface area contributed by atoms with E-state index in [1.54, 1.807) is 0 Å². The van der Waals surface area contributed by atoms with Crippen LogP contribution in [0.1, 0.15) is 58.1 Å². The number of esters is 2. The van der Waals surface area contributed by atoms with E-state index in [0.29, 0.717) is 6.42 Å². The van der Waals surface area contributed by atoms with E-state index in [1.165, 1.54) is 14.2 Å². The van der Waals surface area contributed by atoms with Crippen molar-refractivity contribution in [3.05, 3.63) is 35.4 Å². The molecule has 0 aromatic heterocycles. The zero-order chi connectivity index (χ0) is 18.7. The van der Waals surface area contributed by atoms with E-state index in [1.807, 2.05) is 32.0 Å². The van der Waals surface area contributed by atoms with Crippen LogP contribution in [0.15, 0.2) is 24.3 Å². The topological polar surface area (TPSA) is 52.6 Å². The van der Waals surface area contributed by atoms with Crippen molar-refractivity contribution in [1.82, 2.24) is 0 Å². The molecular formula is C21H28O4. The van der Waals surface area contributed by atoms with E-state index in [9.17, 15) is 9.59 Å². The smallest absolute Gasteiger partial charge is 0.316 e. The predicted molar refractivity (Wildman–Crippen MR) is 95.2 cm³/mol. The highest BCUT2D eigenvalue weighted by atomic mass is 16.5. The molecule has 1 saturated carbocycles. The molecule has 0 heterocycles. The summed E-state index contributed by atoms with van der Waals surface area (Å²) in [6.07, 6.45) is 2.55. The van der Waals surface area contributed by atoms with Gasteiger partial charge in [0.05, 0.1) is 25.0 Å². The second kappa shape index (κ2) is 5.33. The van der Waals surface area contributed by atoms with Crippen molar-refractivity contribution in [3.8, 4) is 0 Å². The van der Waals surface area contributed by atoms with Crippen LogP contribution < -0.4 is 0 Å². The third-order valence-corrected chi connectivity index (χ3v) is 7.85. The molecule has 4 atom stereocenters. The fourth-order valence-corrected chi connectivity index (χ4v) is 6.13. The third kappa shape index (κ3) is 1.73. The fourth-order valence-electron chi connectivity index (χ4n) is 6.13. The Morgan fingerprint density at radius 1 is 0.880 bits per heavy atom. The van der Waals surface area contributed by atoms with Gasteiger partial charge in [0.1, 0.15) is 0 Å². The average molecular weight is 344 g/mol. The van der Waals surface area contributed by atoms with E-state index in [-0.39, 0.29) is 17.4 Å². The number of hydrogen-bond acceptors (Lipinski definition) is 4. The molecule has 0 aliphatic heterocycles. The first kappa shape index (κ1) is 18.0. The Morgan fingerprint density at radius 3 is 2.00 bits per heavy atom. The van der Waals surface area contributed by atoms with Gasteiger partial charge in [0.15, 0.2) is 0 Å². The highest BCUT2D eigenvalue weighted by molar-refractivity contribution is 5.90. The molecule has 1 fully saturated rings. The van der Waals surface area contributed by atoms with E-state index in [0.717, 1.165) is 24.0 Å². The van der Waals surface area contributed by atoms with Gasteiger partial charge in [-0.05, 0) is 37.8 Å². The van der Waals surface area contributed by atoms with Crippen molar-refractivity contribution < 1.29 is 19.1 Å². The van der Waals surface area contributed by atoms with Crippen LogP contribution in [0.25, 0.3) is 0 Å². The Kier molecular flexibility index (Phi) is 3.83. The van der Waals surface area contributed by atoms with Crippen LogP contribution in [0.3, 0.4) is 0 Å². The van der Waals surface area contributed by atoms with Gasteiger partial charge in [-0.1, -0.05) is 44.5 Å². The maximum Gasteiger partial charge on any atom is 0.316 e.